The molecule has 13 heteroatoms. The summed E-state index contributed by atoms with van der Waals surface area (Å²) in [7, 11) is 2.62. The number of carbonyl (C=O) groups excluding carboxylic acids is 3. The molecule has 1 N–H and O–H groups in total. The number of amides is 1. The van der Waals surface area contributed by atoms with Crippen LogP contribution in [-0.2, 0) is 22.6 Å². The molecular formula is C37H31F2N3O8. The highest BCUT2D eigenvalue weighted by Gasteiger charge is 2.20. The van der Waals surface area contributed by atoms with Crippen molar-refractivity contribution in [2.45, 2.75) is 13.1 Å². The molecule has 0 atom stereocenters. The average Bonchev–Trinajstić information content (AvgIpc) is 3.13. The number of non-ortho nitro benzene ring substituents is 1. The van der Waals surface area contributed by atoms with Gasteiger partial charge in [0.05, 0.1) is 42.5 Å². The van der Waals surface area contributed by atoms with E-state index in [9.17, 15) is 33.3 Å². The van der Waals surface area contributed by atoms with Gasteiger partial charge in [0.2, 0.25) is 0 Å². The molecule has 256 valence electrons. The van der Waals surface area contributed by atoms with Crippen LogP contribution in [0.4, 0.5) is 30.6 Å². The summed E-state index contributed by atoms with van der Waals surface area (Å²) < 4.78 is 41.4. The number of halogens is 2. The fourth-order valence-electron chi connectivity index (χ4n) is 4.42. The molecule has 5 rings (SSSR count). The van der Waals surface area contributed by atoms with Gasteiger partial charge in [-0.3, -0.25) is 15.0 Å². The summed E-state index contributed by atoms with van der Waals surface area (Å²) in [5, 5.41) is 13.9. The molecule has 0 saturated heterocycles. The minimum absolute atomic E-state index is 0.0245. The number of nitro groups is 1. The van der Waals surface area contributed by atoms with E-state index in [0.29, 0.717) is 23.2 Å². The number of anilines is 2. The predicted octanol–water partition coefficient (Wildman–Crippen LogP) is 7.95. The Morgan fingerprint density at radius 2 is 1.26 bits per heavy atom. The van der Waals surface area contributed by atoms with E-state index < -0.39 is 22.8 Å². The highest BCUT2D eigenvalue weighted by Crippen LogP contribution is 2.23. The van der Waals surface area contributed by atoms with E-state index in [4.69, 9.17) is 4.74 Å². The molecule has 0 bridgehead atoms. The Balaban J connectivity index is 0.000000252. The zero-order valence-corrected chi connectivity index (χ0v) is 26.9. The fourth-order valence-corrected chi connectivity index (χ4v) is 4.42. The molecule has 0 aliphatic carbocycles. The second-order valence-corrected chi connectivity index (χ2v) is 10.4. The minimum Gasteiger partial charge on any atom is -0.465 e. The minimum atomic E-state index is -0.809. The fraction of sp³-hybridized carbons (Fsp3) is 0.108. The summed E-state index contributed by atoms with van der Waals surface area (Å²) in [5.41, 5.74) is 3.33. The van der Waals surface area contributed by atoms with Crippen molar-refractivity contribution in [1.29, 1.82) is 0 Å². The predicted molar refractivity (Wildman–Crippen MR) is 181 cm³/mol. The van der Waals surface area contributed by atoms with Crippen LogP contribution in [0.5, 0.6) is 5.75 Å². The van der Waals surface area contributed by atoms with Crippen LogP contribution >= 0.6 is 0 Å². The standard InChI is InChI=1S/C22H17FN2O6.C15H14FNO2/c1-30-21(26)16-7-5-15(6-8-16)14-24(19-4-2-3-17(23)13-19)22(27)31-20-11-9-18(10-12-20)25(28)29;1-19-15(18)12-7-5-11(6-8-12)10-17-14-4-2-3-13(16)9-14/h2-13H,14H2,1H3;2-9,17H,10H2,1H3. The van der Waals surface area contributed by atoms with Gasteiger partial charge in [-0.2, -0.15) is 0 Å². The average molecular weight is 684 g/mol. The highest BCUT2D eigenvalue weighted by molar-refractivity contribution is 5.90. The Hall–Kier alpha value is -6.63. The first kappa shape index (κ1) is 36.2. The number of methoxy groups -OCH3 is 2. The summed E-state index contributed by atoms with van der Waals surface area (Å²) in [6.07, 6.45) is -0.809. The first-order valence-corrected chi connectivity index (χ1v) is 14.9. The van der Waals surface area contributed by atoms with Crippen LogP contribution in [0.15, 0.2) is 121 Å². The normalized spacial score (nSPS) is 10.2. The maximum Gasteiger partial charge on any atom is 0.420 e. The molecule has 0 aromatic heterocycles. The van der Waals surface area contributed by atoms with Crippen LogP contribution in [0.1, 0.15) is 31.8 Å². The maximum atomic E-state index is 13.8. The van der Waals surface area contributed by atoms with Crippen molar-refractivity contribution in [3.8, 4) is 5.75 Å². The van der Waals surface area contributed by atoms with Crippen molar-refractivity contribution >= 4 is 35.1 Å². The molecule has 0 unspecified atom stereocenters. The number of hydrogen-bond donors (Lipinski definition) is 1. The molecule has 0 aliphatic rings. The Kier molecular flexibility index (Phi) is 12.7. The van der Waals surface area contributed by atoms with Crippen LogP contribution in [-0.4, -0.2) is 37.2 Å². The van der Waals surface area contributed by atoms with Gasteiger partial charge in [-0.1, -0.05) is 36.4 Å². The van der Waals surface area contributed by atoms with E-state index in [0.717, 1.165) is 11.3 Å². The number of nitrogens with one attached hydrogen (secondary N) is 1. The number of nitro benzene ring substituents is 1. The summed E-state index contributed by atoms with van der Waals surface area (Å²) >= 11 is 0. The molecule has 0 spiro atoms. The molecule has 11 nitrogen and oxygen atoms in total. The zero-order chi connectivity index (χ0) is 36.0. The zero-order valence-electron chi connectivity index (χ0n) is 26.9. The van der Waals surface area contributed by atoms with E-state index in [1.807, 2.05) is 12.1 Å². The lowest BCUT2D eigenvalue weighted by Gasteiger charge is -2.22. The van der Waals surface area contributed by atoms with Crippen LogP contribution in [0.25, 0.3) is 0 Å². The number of nitrogens with zero attached hydrogens (tertiary/aromatic N) is 2. The molecule has 0 heterocycles. The van der Waals surface area contributed by atoms with Gasteiger partial charge < -0.3 is 19.5 Å². The van der Waals surface area contributed by atoms with E-state index in [-0.39, 0.29) is 35.5 Å². The Bertz CT molecular complexity index is 1940. The molecular weight excluding hydrogens is 652 g/mol. The maximum absolute atomic E-state index is 13.8. The summed E-state index contributed by atoms with van der Waals surface area (Å²) in [6, 6.07) is 30.2. The van der Waals surface area contributed by atoms with Gasteiger partial charge in [0.25, 0.3) is 5.69 Å². The molecule has 5 aromatic carbocycles. The third-order valence-corrected chi connectivity index (χ3v) is 7.00. The van der Waals surface area contributed by atoms with Crippen LogP contribution in [0.3, 0.4) is 0 Å². The third kappa shape index (κ3) is 10.4. The second-order valence-electron chi connectivity index (χ2n) is 10.4. The molecule has 50 heavy (non-hydrogen) atoms. The van der Waals surface area contributed by atoms with E-state index in [1.54, 1.807) is 54.6 Å². The molecule has 0 saturated carbocycles. The number of benzene rings is 5. The van der Waals surface area contributed by atoms with Gasteiger partial charge >= 0.3 is 18.0 Å². The number of esters is 2. The lowest BCUT2D eigenvalue weighted by atomic mass is 10.1. The largest absolute Gasteiger partial charge is 0.465 e. The van der Waals surface area contributed by atoms with Crippen LogP contribution < -0.4 is 15.0 Å². The van der Waals surface area contributed by atoms with Crippen molar-refractivity contribution in [3.63, 3.8) is 0 Å². The number of hydrogen-bond acceptors (Lipinski definition) is 9. The SMILES string of the molecule is COC(=O)c1ccc(CN(C(=O)Oc2ccc([N+](=O)[O-])cc2)c2cccc(F)c2)cc1.COC(=O)c1ccc(CNc2cccc(F)c2)cc1. The lowest BCUT2D eigenvalue weighted by Crippen LogP contribution is -2.33. The number of rotatable bonds is 10. The van der Waals surface area contributed by atoms with Gasteiger partial charge in [-0.15, -0.1) is 0 Å². The Morgan fingerprint density at radius 3 is 1.78 bits per heavy atom. The Morgan fingerprint density at radius 1 is 0.720 bits per heavy atom. The molecule has 0 fully saturated rings. The number of carbonyl (C=O) groups is 3. The summed E-state index contributed by atoms with van der Waals surface area (Å²) in [4.78, 5) is 47.1. The monoisotopic (exact) mass is 683 g/mol. The first-order valence-electron chi connectivity index (χ1n) is 14.9. The molecule has 0 aliphatic heterocycles. The van der Waals surface area contributed by atoms with Crippen molar-refractivity contribution in [1.82, 2.24) is 0 Å². The Labute approximate surface area is 285 Å². The van der Waals surface area contributed by atoms with E-state index in [1.165, 1.54) is 73.7 Å². The summed E-state index contributed by atoms with van der Waals surface area (Å²) in [5.74, 6) is -1.56. The van der Waals surface area contributed by atoms with Crippen molar-refractivity contribution in [3.05, 3.63) is 165 Å². The lowest BCUT2D eigenvalue weighted by molar-refractivity contribution is -0.384. The third-order valence-electron chi connectivity index (χ3n) is 7.00. The van der Waals surface area contributed by atoms with Gasteiger partial charge in [-0.05, 0) is 83.9 Å². The van der Waals surface area contributed by atoms with Crippen molar-refractivity contribution in [2.75, 3.05) is 24.4 Å². The topological polar surface area (TPSA) is 137 Å². The highest BCUT2D eigenvalue weighted by atomic mass is 19.1. The number of ether oxygens (including phenoxy) is 3. The summed E-state index contributed by atoms with van der Waals surface area (Å²) in [6.45, 7) is 0.585. The van der Waals surface area contributed by atoms with Crippen molar-refractivity contribution in [2.24, 2.45) is 0 Å². The second kappa shape index (κ2) is 17.5. The van der Waals surface area contributed by atoms with E-state index >= 15 is 0 Å². The van der Waals surface area contributed by atoms with Crippen LogP contribution in [0, 0.1) is 21.7 Å². The molecule has 1 amide bonds. The quantitative estimate of drug-likeness (QED) is 0.0883. The van der Waals surface area contributed by atoms with Crippen molar-refractivity contribution < 1.29 is 42.3 Å². The molecule has 5 aromatic rings. The van der Waals surface area contributed by atoms with Gasteiger partial charge in [0, 0.05) is 24.4 Å². The van der Waals surface area contributed by atoms with Gasteiger partial charge in [-0.25, -0.2) is 23.2 Å². The smallest absolute Gasteiger partial charge is 0.420 e. The molecule has 0 radical (unpaired) electrons. The van der Waals surface area contributed by atoms with Gasteiger partial charge in [0.15, 0.2) is 0 Å². The van der Waals surface area contributed by atoms with E-state index in [2.05, 4.69) is 14.8 Å². The van der Waals surface area contributed by atoms with Crippen LogP contribution in [0.2, 0.25) is 0 Å². The first-order chi connectivity index (χ1) is 24.1. The van der Waals surface area contributed by atoms with Gasteiger partial charge in [0.1, 0.15) is 17.4 Å².